The Hall–Kier alpha value is -1.69. The van der Waals surface area contributed by atoms with Gasteiger partial charge in [-0.25, -0.2) is 9.78 Å². The molecular weight excluding hydrogens is 246 g/mol. The van der Waals surface area contributed by atoms with Crippen molar-refractivity contribution in [2.24, 2.45) is 0 Å². The number of methoxy groups -OCH3 is 1. The van der Waals surface area contributed by atoms with Crippen LogP contribution in [0.15, 0.2) is 12.4 Å². The summed E-state index contributed by atoms with van der Waals surface area (Å²) in [7, 11) is 1.35. The van der Waals surface area contributed by atoms with Crippen LogP contribution in [0.5, 0.6) is 0 Å². The molecule has 1 aromatic rings. The fraction of sp³-hybridized carbons (Fsp3) is 0.615. The molecule has 0 N–H and O–H groups in total. The number of rotatable bonds is 2. The number of anilines is 1. The highest BCUT2D eigenvalue weighted by Crippen LogP contribution is 2.32. The Morgan fingerprint density at radius 2 is 2.37 bits per heavy atom. The number of morpholine rings is 1. The average molecular weight is 263 g/mol. The van der Waals surface area contributed by atoms with E-state index in [9.17, 15) is 4.79 Å². The number of ether oxygens (including phenoxy) is 2. The third-order valence-electron chi connectivity index (χ3n) is 3.79. The molecular formula is C13H17N3O3. The maximum absolute atomic E-state index is 11.5. The van der Waals surface area contributed by atoms with Crippen molar-refractivity contribution in [1.82, 2.24) is 9.97 Å². The Bertz CT molecular complexity index is 480. The molecule has 2 heterocycles. The monoisotopic (exact) mass is 263 g/mol. The molecule has 6 heteroatoms. The van der Waals surface area contributed by atoms with Crippen LogP contribution in [0.2, 0.25) is 0 Å². The molecule has 0 spiro atoms. The number of hydrogen-bond donors (Lipinski definition) is 0. The van der Waals surface area contributed by atoms with Crippen molar-refractivity contribution in [2.45, 2.75) is 31.4 Å². The summed E-state index contributed by atoms with van der Waals surface area (Å²) in [5, 5.41) is 0. The molecule has 2 unspecified atom stereocenters. The van der Waals surface area contributed by atoms with Crippen LogP contribution in [0.3, 0.4) is 0 Å². The van der Waals surface area contributed by atoms with Crippen LogP contribution in [0.4, 0.5) is 5.82 Å². The van der Waals surface area contributed by atoms with E-state index in [4.69, 9.17) is 4.74 Å². The minimum absolute atomic E-state index is 0.251. The predicted octanol–water partition coefficient (Wildman–Crippen LogP) is 1.02. The predicted molar refractivity (Wildman–Crippen MR) is 68.1 cm³/mol. The van der Waals surface area contributed by atoms with Crippen LogP contribution in [-0.2, 0) is 9.47 Å². The fourth-order valence-corrected chi connectivity index (χ4v) is 2.91. The Morgan fingerprint density at radius 1 is 1.47 bits per heavy atom. The number of hydrogen-bond acceptors (Lipinski definition) is 6. The number of carbonyl (C=O) groups is 1. The van der Waals surface area contributed by atoms with Crippen molar-refractivity contribution in [3.63, 3.8) is 0 Å². The van der Waals surface area contributed by atoms with Crippen LogP contribution in [0, 0.1) is 0 Å². The van der Waals surface area contributed by atoms with Gasteiger partial charge in [0, 0.05) is 6.54 Å². The van der Waals surface area contributed by atoms with Gasteiger partial charge in [-0.2, -0.15) is 0 Å². The largest absolute Gasteiger partial charge is 0.464 e. The summed E-state index contributed by atoms with van der Waals surface area (Å²) in [6.45, 7) is 1.49. The molecule has 6 nitrogen and oxygen atoms in total. The van der Waals surface area contributed by atoms with E-state index >= 15 is 0 Å². The molecule has 0 amide bonds. The standard InChI is InChI=1S/C13H17N3O3/c1-18-13(17)9-7-14-8-12(15-9)16-5-6-19-11-4-2-3-10(11)16/h7-8,10-11H,2-6H2,1H3. The summed E-state index contributed by atoms with van der Waals surface area (Å²) in [6, 6.07) is 0.357. The van der Waals surface area contributed by atoms with Gasteiger partial charge in [0.1, 0.15) is 5.82 Å². The van der Waals surface area contributed by atoms with Crippen molar-refractivity contribution in [3.8, 4) is 0 Å². The summed E-state index contributed by atoms with van der Waals surface area (Å²) < 4.78 is 10.5. The van der Waals surface area contributed by atoms with Gasteiger partial charge in [0.05, 0.1) is 38.3 Å². The Balaban J connectivity index is 1.86. The van der Waals surface area contributed by atoms with Gasteiger partial charge in [-0.3, -0.25) is 4.98 Å². The molecule has 2 fully saturated rings. The summed E-state index contributed by atoms with van der Waals surface area (Å²) in [6.07, 6.45) is 6.81. The third kappa shape index (κ3) is 2.28. The van der Waals surface area contributed by atoms with E-state index in [1.165, 1.54) is 19.7 Å². The van der Waals surface area contributed by atoms with E-state index in [1.807, 2.05) is 0 Å². The fourth-order valence-electron chi connectivity index (χ4n) is 2.91. The molecule has 3 rings (SSSR count). The lowest BCUT2D eigenvalue weighted by molar-refractivity contribution is 0.0253. The molecule has 1 saturated carbocycles. The zero-order valence-corrected chi connectivity index (χ0v) is 10.9. The van der Waals surface area contributed by atoms with E-state index < -0.39 is 5.97 Å². The van der Waals surface area contributed by atoms with E-state index in [0.29, 0.717) is 12.6 Å². The first kappa shape index (κ1) is 12.3. The average Bonchev–Trinajstić information content (AvgIpc) is 2.94. The quantitative estimate of drug-likeness (QED) is 0.742. The van der Waals surface area contributed by atoms with Crippen LogP contribution >= 0.6 is 0 Å². The van der Waals surface area contributed by atoms with Gasteiger partial charge in [0.15, 0.2) is 5.69 Å². The highest BCUT2D eigenvalue weighted by molar-refractivity contribution is 5.87. The van der Waals surface area contributed by atoms with Gasteiger partial charge in [-0.1, -0.05) is 0 Å². The summed E-state index contributed by atoms with van der Waals surface area (Å²) in [5.41, 5.74) is 0.251. The maximum atomic E-state index is 11.5. The van der Waals surface area contributed by atoms with Gasteiger partial charge in [-0.05, 0) is 19.3 Å². The first-order valence-corrected chi connectivity index (χ1v) is 6.58. The summed E-state index contributed by atoms with van der Waals surface area (Å²) >= 11 is 0. The number of aromatic nitrogens is 2. The molecule has 1 saturated heterocycles. The highest BCUT2D eigenvalue weighted by Gasteiger charge is 2.36. The molecule has 1 aliphatic heterocycles. The molecule has 102 valence electrons. The minimum atomic E-state index is -0.453. The lowest BCUT2D eigenvalue weighted by atomic mass is 10.1. The first-order chi connectivity index (χ1) is 9.29. The van der Waals surface area contributed by atoms with E-state index in [-0.39, 0.29) is 11.8 Å². The molecule has 19 heavy (non-hydrogen) atoms. The van der Waals surface area contributed by atoms with E-state index in [2.05, 4.69) is 19.6 Å². The number of carbonyl (C=O) groups excluding carboxylic acids is 1. The SMILES string of the molecule is COC(=O)c1cncc(N2CCOC3CCCC32)n1. The molecule has 0 radical (unpaired) electrons. The van der Waals surface area contributed by atoms with Gasteiger partial charge >= 0.3 is 5.97 Å². The van der Waals surface area contributed by atoms with E-state index in [0.717, 1.165) is 25.2 Å². The lowest BCUT2D eigenvalue weighted by Crippen LogP contribution is -2.49. The maximum Gasteiger partial charge on any atom is 0.358 e. The second-order valence-corrected chi connectivity index (χ2v) is 4.85. The summed E-state index contributed by atoms with van der Waals surface area (Å²) in [5.74, 6) is 0.286. The normalized spacial score (nSPS) is 26.1. The second kappa shape index (κ2) is 5.13. The number of nitrogens with zero attached hydrogens (tertiary/aromatic N) is 3. The van der Waals surface area contributed by atoms with Crippen molar-refractivity contribution in [2.75, 3.05) is 25.2 Å². The third-order valence-corrected chi connectivity index (χ3v) is 3.79. The van der Waals surface area contributed by atoms with E-state index in [1.54, 1.807) is 6.20 Å². The van der Waals surface area contributed by atoms with Crippen LogP contribution in [-0.4, -0.2) is 48.3 Å². The molecule has 1 aromatic heterocycles. The van der Waals surface area contributed by atoms with Gasteiger partial charge in [0.25, 0.3) is 0 Å². The first-order valence-electron chi connectivity index (χ1n) is 6.58. The Kier molecular flexibility index (Phi) is 3.33. The van der Waals surface area contributed by atoms with Crippen LogP contribution in [0.1, 0.15) is 29.8 Å². The zero-order valence-electron chi connectivity index (χ0n) is 10.9. The van der Waals surface area contributed by atoms with Gasteiger partial charge in [0.2, 0.25) is 0 Å². The molecule has 2 atom stereocenters. The Morgan fingerprint density at radius 3 is 3.21 bits per heavy atom. The summed E-state index contributed by atoms with van der Waals surface area (Å²) in [4.78, 5) is 22.2. The van der Waals surface area contributed by atoms with Crippen molar-refractivity contribution in [1.29, 1.82) is 0 Å². The number of fused-ring (bicyclic) bond motifs is 1. The van der Waals surface area contributed by atoms with Gasteiger partial charge < -0.3 is 14.4 Å². The van der Waals surface area contributed by atoms with Crippen LogP contribution in [0.25, 0.3) is 0 Å². The second-order valence-electron chi connectivity index (χ2n) is 4.85. The molecule has 2 aliphatic rings. The highest BCUT2D eigenvalue weighted by atomic mass is 16.5. The Labute approximate surface area is 111 Å². The number of esters is 1. The molecule has 0 bridgehead atoms. The molecule has 1 aliphatic carbocycles. The van der Waals surface area contributed by atoms with Gasteiger partial charge in [-0.15, -0.1) is 0 Å². The smallest absolute Gasteiger partial charge is 0.358 e. The van der Waals surface area contributed by atoms with Crippen LogP contribution < -0.4 is 4.90 Å². The van der Waals surface area contributed by atoms with Crippen molar-refractivity contribution < 1.29 is 14.3 Å². The molecule has 0 aromatic carbocycles. The van der Waals surface area contributed by atoms with Crippen molar-refractivity contribution >= 4 is 11.8 Å². The topological polar surface area (TPSA) is 64.5 Å². The van der Waals surface area contributed by atoms with Crippen molar-refractivity contribution in [3.05, 3.63) is 18.1 Å². The minimum Gasteiger partial charge on any atom is -0.464 e. The zero-order chi connectivity index (χ0) is 13.2. The lowest BCUT2D eigenvalue weighted by Gasteiger charge is -2.38.